The van der Waals surface area contributed by atoms with Gasteiger partial charge >= 0.3 is 0 Å². The Balaban J connectivity index is 1.93. The van der Waals surface area contributed by atoms with Gasteiger partial charge in [0.25, 0.3) is 5.91 Å². The maximum Gasteiger partial charge on any atom is 0.267 e. The molecule has 0 aliphatic carbocycles. The lowest BCUT2D eigenvalue weighted by Gasteiger charge is -2.11. The highest BCUT2D eigenvalue weighted by Crippen LogP contribution is 2.27. The van der Waals surface area contributed by atoms with Crippen molar-refractivity contribution in [2.75, 3.05) is 19.0 Å². The molecule has 0 unspecified atom stereocenters. The van der Waals surface area contributed by atoms with E-state index in [1.165, 1.54) is 6.21 Å². The van der Waals surface area contributed by atoms with E-state index < -0.39 is 6.10 Å². The van der Waals surface area contributed by atoms with Gasteiger partial charge in [0.2, 0.25) is 6.10 Å². The van der Waals surface area contributed by atoms with Crippen molar-refractivity contribution in [3.63, 3.8) is 0 Å². The number of halogens is 1. The molecule has 138 valence electrons. The molecule has 0 aromatic heterocycles. The topological polar surface area (TPSA) is 69.2 Å². The van der Waals surface area contributed by atoms with E-state index in [2.05, 4.69) is 10.5 Å². The largest absolute Gasteiger partial charge is 0.493 e. The average molecular weight is 377 g/mol. The van der Waals surface area contributed by atoms with Gasteiger partial charge in [-0.15, -0.1) is 0 Å². The van der Waals surface area contributed by atoms with Crippen molar-refractivity contribution in [2.45, 2.75) is 20.0 Å². The van der Waals surface area contributed by atoms with Crippen LogP contribution in [0.1, 0.15) is 19.4 Å². The van der Waals surface area contributed by atoms with E-state index in [0.717, 1.165) is 5.56 Å². The Hall–Kier alpha value is -2.73. The predicted octanol–water partition coefficient (Wildman–Crippen LogP) is 4.13. The van der Waals surface area contributed by atoms with E-state index in [0.29, 0.717) is 28.8 Å². The van der Waals surface area contributed by atoms with Gasteiger partial charge in [-0.05, 0) is 50.2 Å². The van der Waals surface area contributed by atoms with Crippen LogP contribution in [-0.4, -0.2) is 31.9 Å². The van der Waals surface area contributed by atoms with Crippen LogP contribution < -0.4 is 14.8 Å². The lowest BCUT2D eigenvalue weighted by atomic mass is 10.2. The van der Waals surface area contributed by atoms with E-state index in [1.807, 2.05) is 13.0 Å². The molecule has 0 saturated heterocycles. The fraction of sp³-hybridized carbons (Fsp3) is 0.263. The van der Waals surface area contributed by atoms with Crippen molar-refractivity contribution in [3.05, 3.63) is 53.1 Å². The fourth-order valence-corrected chi connectivity index (χ4v) is 2.27. The molecule has 0 aliphatic heterocycles. The number of carbonyl (C=O) groups is 1. The summed E-state index contributed by atoms with van der Waals surface area (Å²) in [6.07, 6.45) is 0.733. The second-order valence-corrected chi connectivity index (χ2v) is 5.76. The fourth-order valence-electron chi connectivity index (χ4n) is 2.08. The van der Waals surface area contributed by atoms with E-state index in [9.17, 15) is 4.79 Å². The number of rotatable bonds is 8. The van der Waals surface area contributed by atoms with Crippen molar-refractivity contribution >= 4 is 29.4 Å². The monoisotopic (exact) mass is 376 g/mol. The number of hydrogen-bond donors (Lipinski definition) is 1. The maximum absolute atomic E-state index is 12.1. The van der Waals surface area contributed by atoms with E-state index in [4.69, 9.17) is 25.9 Å². The summed E-state index contributed by atoms with van der Waals surface area (Å²) in [5.74, 6) is 0.929. The van der Waals surface area contributed by atoms with Gasteiger partial charge in [0.05, 0.1) is 19.9 Å². The summed E-state index contributed by atoms with van der Waals surface area (Å²) >= 11 is 5.89. The third-order valence-electron chi connectivity index (χ3n) is 3.37. The SMILES string of the molecule is CCOc1ccc(/C=N\O[C@@H](C)C(=O)Nc2cccc(Cl)c2)cc1OC. The molecule has 0 heterocycles. The van der Waals surface area contributed by atoms with Crippen LogP contribution in [0, 0.1) is 0 Å². The van der Waals surface area contributed by atoms with Crippen LogP contribution in [0.3, 0.4) is 0 Å². The molecule has 0 spiro atoms. The van der Waals surface area contributed by atoms with Crippen LogP contribution in [0.4, 0.5) is 5.69 Å². The molecule has 0 aliphatic rings. The van der Waals surface area contributed by atoms with E-state index in [1.54, 1.807) is 50.4 Å². The van der Waals surface area contributed by atoms with Gasteiger partial charge in [-0.25, -0.2) is 0 Å². The third kappa shape index (κ3) is 5.67. The predicted molar refractivity (Wildman–Crippen MR) is 102 cm³/mol. The van der Waals surface area contributed by atoms with Gasteiger partial charge in [0.1, 0.15) is 0 Å². The third-order valence-corrected chi connectivity index (χ3v) is 3.60. The minimum Gasteiger partial charge on any atom is -0.493 e. The second kappa shape index (κ2) is 9.68. The first-order chi connectivity index (χ1) is 12.5. The summed E-state index contributed by atoms with van der Waals surface area (Å²) in [6, 6.07) is 12.3. The van der Waals surface area contributed by atoms with Crippen molar-refractivity contribution in [2.24, 2.45) is 5.16 Å². The zero-order chi connectivity index (χ0) is 18.9. The Bertz CT molecular complexity index is 780. The highest BCUT2D eigenvalue weighted by atomic mass is 35.5. The zero-order valence-electron chi connectivity index (χ0n) is 14.9. The van der Waals surface area contributed by atoms with Crippen molar-refractivity contribution in [1.82, 2.24) is 0 Å². The molecule has 2 rings (SSSR count). The number of nitrogens with one attached hydrogen (secondary N) is 1. The Morgan fingerprint density at radius 1 is 1.27 bits per heavy atom. The van der Waals surface area contributed by atoms with Crippen molar-refractivity contribution in [1.29, 1.82) is 0 Å². The summed E-state index contributed by atoms with van der Waals surface area (Å²) in [6.45, 7) is 4.06. The summed E-state index contributed by atoms with van der Waals surface area (Å²) < 4.78 is 10.7. The molecule has 1 N–H and O–H groups in total. The molecule has 0 fully saturated rings. The number of carbonyl (C=O) groups excluding carboxylic acids is 1. The number of amides is 1. The molecule has 0 radical (unpaired) electrons. The van der Waals surface area contributed by atoms with Gasteiger partial charge < -0.3 is 19.6 Å². The summed E-state index contributed by atoms with van der Waals surface area (Å²) in [5, 5.41) is 7.12. The van der Waals surface area contributed by atoms with Gasteiger partial charge in [-0.2, -0.15) is 0 Å². The molecule has 0 bridgehead atoms. The quantitative estimate of drug-likeness (QED) is 0.555. The molecule has 26 heavy (non-hydrogen) atoms. The molecule has 0 saturated carbocycles. The van der Waals surface area contributed by atoms with Crippen molar-refractivity contribution in [3.8, 4) is 11.5 Å². The van der Waals surface area contributed by atoms with Crippen LogP contribution >= 0.6 is 11.6 Å². The first-order valence-electron chi connectivity index (χ1n) is 8.10. The normalized spacial score (nSPS) is 11.8. The van der Waals surface area contributed by atoms with Crippen LogP contribution in [0.5, 0.6) is 11.5 Å². The molecule has 6 nitrogen and oxygen atoms in total. The summed E-state index contributed by atoms with van der Waals surface area (Å²) in [4.78, 5) is 17.3. The molecule has 7 heteroatoms. The summed E-state index contributed by atoms with van der Waals surface area (Å²) in [7, 11) is 1.57. The van der Waals surface area contributed by atoms with Gasteiger partial charge in [-0.3, -0.25) is 4.79 Å². The minimum atomic E-state index is -0.769. The number of benzene rings is 2. The first kappa shape index (κ1) is 19.6. The van der Waals surface area contributed by atoms with E-state index in [-0.39, 0.29) is 5.91 Å². The lowest BCUT2D eigenvalue weighted by molar-refractivity contribution is -0.126. The van der Waals surface area contributed by atoms with Gasteiger partial charge in [0.15, 0.2) is 11.5 Å². The van der Waals surface area contributed by atoms with Crippen molar-refractivity contribution < 1.29 is 19.1 Å². The maximum atomic E-state index is 12.1. The van der Waals surface area contributed by atoms with Gasteiger partial charge in [-0.1, -0.05) is 22.8 Å². The number of methoxy groups -OCH3 is 1. The molecule has 2 aromatic rings. The standard InChI is InChI=1S/C19H21ClN2O4/c1-4-25-17-9-8-14(10-18(17)24-3)12-21-26-13(2)19(23)22-16-7-5-6-15(20)11-16/h5-13H,4H2,1-3H3,(H,22,23)/b21-12-/t13-/m0/s1. The molecule has 2 aromatic carbocycles. The molecular formula is C19H21ClN2O4. The second-order valence-electron chi connectivity index (χ2n) is 5.33. The van der Waals surface area contributed by atoms with Crippen LogP contribution in [-0.2, 0) is 9.63 Å². The number of anilines is 1. The number of nitrogens with zero attached hydrogens (tertiary/aromatic N) is 1. The van der Waals surface area contributed by atoms with E-state index >= 15 is 0 Å². The highest BCUT2D eigenvalue weighted by molar-refractivity contribution is 6.30. The molecular weight excluding hydrogens is 356 g/mol. The molecule has 1 atom stereocenters. The minimum absolute atomic E-state index is 0.325. The lowest BCUT2D eigenvalue weighted by Crippen LogP contribution is -2.26. The number of ether oxygens (including phenoxy) is 2. The zero-order valence-corrected chi connectivity index (χ0v) is 15.6. The Labute approximate surface area is 157 Å². The number of hydrogen-bond acceptors (Lipinski definition) is 5. The van der Waals surface area contributed by atoms with Crippen LogP contribution in [0.15, 0.2) is 47.6 Å². The highest BCUT2D eigenvalue weighted by Gasteiger charge is 2.14. The summed E-state index contributed by atoms with van der Waals surface area (Å²) in [5.41, 5.74) is 1.35. The average Bonchev–Trinajstić information content (AvgIpc) is 2.62. The molecule has 1 amide bonds. The Kier molecular flexibility index (Phi) is 7.29. The Morgan fingerprint density at radius 3 is 2.77 bits per heavy atom. The smallest absolute Gasteiger partial charge is 0.267 e. The van der Waals surface area contributed by atoms with Crippen LogP contribution in [0.25, 0.3) is 0 Å². The van der Waals surface area contributed by atoms with Gasteiger partial charge in [0, 0.05) is 16.3 Å². The van der Waals surface area contributed by atoms with Crippen LogP contribution in [0.2, 0.25) is 5.02 Å². The Morgan fingerprint density at radius 2 is 2.08 bits per heavy atom. The first-order valence-corrected chi connectivity index (χ1v) is 8.47. The number of oxime groups is 1.